The van der Waals surface area contributed by atoms with Crippen molar-refractivity contribution in [2.75, 3.05) is 0 Å². The predicted molar refractivity (Wildman–Crippen MR) is 113 cm³/mol. The molecule has 4 heteroatoms. The van der Waals surface area contributed by atoms with Crippen molar-refractivity contribution >= 4 is 16.9 Å². The van der Waals surface area contributed by atoms with Crippen LogP contribution in [-0.4, -0.2) is 5.97 Å². The van der Waals surface area contributed by atoms with Crippen molar-refractivity contribution in [2.45, 2.75) is 19.8 Å². The summed E-state index contributed by atoms with van der Waals surface area (Å²) in [5, 5.41) is 0.568. The van der Waals surface area contributed by atoms with Gasteiger partial charge < -0.3 is 9.15 Å². The summed E-state index contributed by atoms with van der Waals surface area (Å²) in [6.07, 6.45) is 0. The zero-order valence-corrected chi connectivity index (χ0v) is 16.2. The second kappa shape index (κ2) is 7.76. The Morgan fingerprint density at radius 3 is 2.21 bits per heavy atom. The van der Waals surface area contributed by atoms with Crippen molar-refractivity contribution in [3.63, 3.8) is 0 Å². The molecule has 0 N–H and O–H groups in total. The molecule has 0 aliphatic rings. The molecule has 4 rings (SSSR count). The summed E-state index contributed by atoms with van der Waals surface area (Å²) in [6, 6.07) is 23.4. The molecular weight excluding hydrogens is 364 g/mol. The highest BCUT2D eigenvalue weighted by molar-refractivity contribution is 5.97. The van der Waals surface area contributed by atoms with Gasteiger partial charge in [-0.05, 0) is 41.3 Å². The van der Waals surface area contributed by atoms with E-state index >= 15 is 0 Å². The van der Waals surface area contributed by atoms with Crippen molar-refractivity contribution in [1.29, 1.82) is 0 Å². The summed E-state index contributed by atoms with van der Waals surface area (Å²) in [6.45, 7) is 4.18. The van der Waals surface area contributed by atoms with Gasteiger partial charge in [0.1, 0.15) is 11.1 Å². The number of hydrogen-bond donors (Lipinski definition) is 0. The van der Waals surface area contributed by atoms with Crippen LogP contribution in [0.3, 0.4) is 0 Å². The Hall–Kier alpha value is -3.66. The van der Waals surface area contributed by atoms with Gasteiger partial charge in [0.25, 0.3) is 0 Å². The molecule has 1 aromatic heterocycles. The highest BCUT2D eigenvalue weighted by Gasteiger charge is 2.21. The van der Waals surface area contributed by atoms with E-state index in [0.717, 1.165) is 5.56 Å². The lowest BCUT2D eigenvalue weighted by atomic mass is 10.0. The molecule has 144 valence electrons. The highest BCUT2D eigenvalue weighted by atomic mass is 16.5. The van der Waals surface area contributed by atoms with Crippen molar-refractivity contribution in [2.24, 2.45) is 0 Å². The lowest BCUT2D eigenvalue weighted by molar-refractivity contribution is 0.0737. The van der Waals surface area contributed by atoms with E-state index in [1.54, 1.807) is 42.5 Å². The number of ether oxygens (including phenoxy) is 1. The number of benzene rings is 3. The number of hydrogen-bond acceptors (Lipinski definition) is 4. The average Bonchev–Trinajstić information content (AvgIpc) is 2.74. The number of fused-ring (bicyclic) bond motifs is 1. The summed E-state index contributed by atoms with van der Waals surface area (Å²) in [5.41, 5.74) is 2.24. The molecule has 1 heterocycles. The van der Waals surface area contributed by atoms with E-state index in [1.165, 1.54) is 0 Å². The lowest BCUT2D eigenvalue weighted by Crippen LogP contribution is -2.13. The molecule has 0 radical (unpaired) electrons. The smallest absolute Gasteiger partial charge is 0.348 e. The Balaban J connectivity index is 1.83. The predicted octanol–water partition coefficient (Wildman–Crippen LogP) is 5.80. The van der Waals surface area contributed by atoms with Gasteiger partial charge in [-0.25, -0.2) is 9.59 Å². The minimum atomic E-state index is -0.548. The topological polar surface area (TPSA) is 56.5 Å². The van der Waals surface area contributed by atoms with E-state index in [-0.39, 0.29) is 11.3 Å². The van der Waals surface area contributed by atoms with Crippen LogP contribution < -0.4 is 10.4 Å². The molecule has 0 unspecified atom stereocenters. The summed E-state index contributed by atoms with van der Waals surface area (Å²) < 4.78 is 11.3. The molecule has 3 aromatic carbocycles. The summed E-state index contributed by atoms with van der Waals surface area (Å²) >= 11 is 0. The molecule has 0 fully saturated rings. The minimum Gasteiger partial charge on any atom is -0.422 e. The van der Waals surface area contributed by atoms with Gasteiger partial charge in [0.05, 0.1) is 10.9 Å². The fraction of sp³-hybridized carbons (Fsp3) is 0.120. The fourth-order valence-corrected chi connectivity index (χ4v) is 3.24. The van der Waals surface area contributed by atoms with Crippen molar-refractivity contribution < 1.29 is 13.9 Å². The number of carbonyl (C=O) groups excluding carboxylic acids is 1. The fourth-order valence-electron chi connectivity index (χ4n) is 3.24. The first kappa shape index (κ1) is 18.7. The Bertz CT molecular complexity index is 1220. The lowest BCUT2D eigenvalue weighted by Gasteiger charge is -2.12. The number of esters is 1. The van der Waals surface area contributed by atoms with Crippen LogP contribution >= 0.6 is 0 Å². The van der Waals surface area contributed by atoms with E-state index in [1.807, 2.05) is 36.4 Å². The molecule has 0 amide bonds. The summed E-state index contributed by atoms with van der Waals surface area (Å²) in [5.74, 6) is 0.0571. The van der Waals surface area contributed by atoms with E-state index in [2.05, 4.69) is 13.8 Å². The zero-order valence-electron chi connectivity index (χ0n) is 16.2. The van der Waals surface area contributed by atoms with Crippen LogP contribution in [-0.2, 0) is 0 Å². The molecule has 4 aromatic rings. The first-order valence-electron chi connectivity index (χ1n) is 9.48. The third kappa shape index (κ3) is 3.69. The van der Waals surface area contributed by atoms with Gasteiger partial charge in [-0.1, -0.05) is 68.4 Å². The Labute approximate surface area is 168 Å². The van der Waals surface area contributed by atoms with Gasteiger partial charge in [-0.2, -0.15) is 0 Å². The second-order valence-electron chi connectivity index (χ2n) is 7.12. The minimum absolute atomic E-state index is 0.209. The molecule has 0 aliphatic heterocycles. The van der Waals surface area contributed by atoms with Crippen LogP contribution in [0.2, 0.25) is 0 Å². The maximum absolute atomic E-state index is 12.9. The van der Waals surface area contributed by atoms with Crippen LogP contribution in [0.4, 0.5) is 0 Å². The molecule has 0 aliphatic carbocycles. The Morgan fingerprint density at radius 1 is 0.862 bits per heavy atom. The van der Waals surface area contributed by atoms with Gasteiger partial charge in [0.15, 0.2) is 5.75 Å². The zero-order chi connectivity index (χ0) is 20.4. The molecule has 0 atom stereocenters. The van der Waals surface area contributed by atoms with E-state index < -0.39 is 11.6 Å². The van der Waals surface area contributed by atoms with Gasteiger partial charge in [0, 0.05) is 0 Å². The molecule has 4 nitrogen and oxygen atoms in total. The van der Waals surface area contributed by atoms with Gasteiger partial charge in [-0.3, -0.25) is 0 Å². The van der Waals surface area contributed by atoms with Crippen LogP contribution in [0.15, 0.2) is 88.1 Å². The van der Waals surface area contributed by atoms with Crippen LogP contribution in [0, 0.1) is 0 Å². The SMILES string of the molecule is CC(C)c1ccc(C(=O)Oc2c(-c3ccccc3)c(=O)oc3ccccc23)cc1. The molecule has 0 spiro atoms. The Morgan fingerprint density at radius 2 is 1.52 bits per heavy atom. The number of para-hydroxylation sites is 1. The maximum atomic E-state index is 12.9. The first-order chi connectivity index (χ1) is 14.0. The van der Waals surface area contributed by atoms with Gasteiger partial charge in [0.2, 0.25) is 0 Å². The molecule has 0 saturated carbocycles. The normalized spacial score (nSPS) is 11.0. The van der Waals surface area contributed by atoms with Crippen LogP contribution in [0.1, 0.15) is 35.7 Å². The standard InChI is InChI=1S/C25H20O4/c1-16(2)17-12-14-19(15-13-17)24(26)29-23-20-10-6-7-11-21(20)28-25(27)22(23)18-8-4-3-5-9-18/h3-16H,1-2H3. The highest BCUT2D eigenvalue weighted by Crippen LogP contribution is 2.34. The van der Waals surface area contributed by atoms with Crippen LogP contribution in [0.5, 0.6) is 5.75 Å². The third-order valence-corrected chi connectivity index (χ3v) is 4.84. The molecular formula is C25H20O4. The average molecular weight is 384 g/mol. The van der Waals surface area contributed by atoms with Crippen molar-refractivity contribution in [3.8, 4) is 16.9 Å². The monoisotopic (exact) mass is 384 g/mol. The quantitative estimate of drug-likeness (QED) is 0.329. The third-order valence-electron chi connectivity index (χ3n) is 4.84. The van der Waals surface area contributed by atoms with E-state index in [4.69, 9.17) is 9.15 Å². The van der Waals surface area contributed by atoms with Gasteiger partial charge in [-0.15, -0.1) is 0 Å². The first-order valence-corrected chi connectivity index (χ1v) is 9.48. The molecule has 0 saturated heterocycles. The molecule has 0 bridgehead atoms. The molecule has 29 heavy (non-hydrogen) atoms. The number of carbonyl (C=O) groups is 1. The van der Waals surface area contributed by atoms with Crippen LogP contribution in [0.25, 0.3) is 22.1 Å². The number of rotatable bonds is 4. The largest absolute Gasteiger partial charge is 0.422 e. The van der Waals surface area contributed by atoms with Crippen molar-refractivity contribution in [3.05, 3.63) is 100 Å². The van der Waals surface area contributed by atoms with Gasteiger partial charge >= 0.3 is 11.6 Å². The maximum Gasteiger partial charge on any atom is 0.348 e. The van der Waals surface area contributed by atoms with E-state index in [9.17, 15) is 9.59 Å². The van der Waals surface area contributed by atoms with E-state index in [0.29, 0.717) is 28.0 Å². The summed E-state index contributed by atoms with van der Waals surface area (Å²) in [4.78, 5) is 25.6. The second-order valence-corrected chi connectivity index (χ2v) is 7.12. The summed E-state index contributed by atoms with van der Waals surface area (Å²) in [7, 11) is 0. The Kier molecular flexibility index (Phi) is 5.00. The van der Waals surface area contributed by atoms with Crippen molar-refractivity contribution in [1.82, 2.24) is 0 Å².